The fourth-order valence-electron chi connectivity index (χ4n) is 2.55. The number of nitrogens with two attached hydrogens (primary N) is 1. The SMILES string of the molecule is CC1(C(=O)O)CCCN1Cc1ccc(C(N)=O)cc1F. The molecule has 20 heavy (non-hydrogen) atoms. The Kier molecular flexibility index (Phi) is 3.76. The smallest absolute Gasteiger partial charge is 0.323 e. The van der Waals surface area contributed by atoms with Crippen LogP contribution in [-0.2, 0) is 11.3 Å². The number of primary amides is 1. The molecule has 1 aliphatic heterocycles. The van der Waals surface area contributed by atoms with E-state index < -0.39 is 23.2 Å². The van der Waals surface area contributed by atoms with Crippen molar-refractivity contribution in [3.8, 4) is 0 Å². The number of hydrogen-bond donors (Lipinski definition) is 2. The highest BCUT2D eigenvalue weighted by Gasteiger charge is 2.43. The molecule has 1 saturated heterocycles. The third kappa shape index (κ3) is 2.51. The maximum absolute atomic E-state index is 13.9. The second kappa shape index (κ2) is 5.20. The van der Waals surface area contributed by atoms with Gasteiger partial charge in [0.15, 0.2) is 0 Å². The molecule has 0 aromatic heterocycles. The van der Waals surface area contributed by atoms with Gasteiger partial charge in [-0.2, -0.15) is 0 Å². The van der Waals surface area contributed by atoms with Crippen molar-refractivity contribution < 1.29 is 19.1 Å². The monoisotopic (exact) mass is 280 g/mol. The van der Waals surface area contributed by atoms with Crippen molar-refractivity contribution in [1.29, 1.82) is 0 Å². The molecule has 1 amide bonds. The first-order chi connectivity index (χ1) is 9.34. The first-order valence-corrected chi connectivity index (χ1v) is 6.41. The van der Waals surface area contributed by atoms with E-state index >= 15 is 0 Å². The maximum Gasteiger partial charge on any atom is 0.323 e. The molecule has 3 N–H and O–H groups in total. The van der Waals surface area contributed by atoms with Crippen LogP contribution in [0.4, 0.5) is 4.39 Å². The molecular formula is C14H17FN2O3. The Morgan fingerprint density at radius 1 is 1.50 bits per heavy atom. The zero-order valence-corrected chi connectivity index (χ0v) is 11.2. The van der Waals surface area contributed by atoms with Crippen LogP contribution in [0.2, 0.25) is 0 Å². The van der Waals surface area contributed by atoms with E-state index in [1.165, 1.54) is 12.1 Å². The summed E-state index contributed by atoms with van der Waals surface area (Å²) in [4.78, 5) is 24.1. The molecule has 1 fully saturated rings. The van der Waals surface area contributed by atoms with Gasteiger partial charge in [-0.25, -0.2) is 4.39 Å². The number of rotatable bonds is 4. The molecule has 0 bridgehead atoms. The van der Waals surface area contributed by atoms with E-state index in [4.69, 9.17) is 5.73 Å². The van der Waals surface area contributed by atoms with Crippen molar-refractivity contribution in [3.05, 3.63) is 35.1 Å². The van der Waals surface area contributed by atoms with Gasteiger partial charge in [-0.15, -0.1) is 0 Å². The highest BCUT2D eigenvalue weighted by Crippen LogP contribution is 2.31. The lowest BCUT2D eigenvalue weighted by molar-refractivity contribution is -0.148. The summed E-state index contributed by atoms with van der Waals surface area (Å²) in [5, 5.41) is 9.31. The van der Waals surface area contributed by atoms with E-state index in [2.05, 4.69) is 0 Å². The number of benzene rings is 1. The molecule has 0 saturated carbocycles. The first kappa shape index (κ1) is 14.5. The fraction of sp³-hybridized carbons (Fsp3) is 0.429. The molecule has 1 heterocycles. The minimum absolute atomic E-state index is 0.105. The number of carbonyl (C=O) groups is 2. The molecule has 6 heteroatoms. The van der Waals surface area contributed by atoms with Crippen LogP contribution in [0.5, 0.6) is 0 Å². The van der Waals surface area contributed by atoms with Crippen molar-refractivity contribution in [3.63, 3.8) is 0 Å². The molecule has 1 unspecified atom stereocenters. The van der Waals surface area contributed by atoms with Gasteiger partial charge in [-0.3, -0.25) is 14.5 Å². The molecule has 1 aromatic rings. The Morgan fingerprint density at radius 3 is 2.75 bits per heavy atom. The second-order valence-electron chi connectivity index (χ2n) is 5.27. The number of hydrogen-bond acceptors (Lipinski definition) is 3. The average Bonchev–Trinajstić information content (AvgIpc) is 2.74. The van der Waals surface area contributed by atoms with Crippen LogP contribution < -0.4 is 5.73 Å². The van der Waals surface area contributed by atoms with E-state index in [0.717, 1.165) is 12.5 Å². The van der Waals surface area contributed by atoms with E-state index in [0.29, 0.717) is 18.5 Å². The third-order valence-electron chi connectivity index (χ3n) is 3.95. The Morgan fingerprint density at radius 2 is 2.20 bits per heavy atom. The minimum atomic E-state index is -0.963. The molecule has 0 spiro atoms. The number of amides is 1. The van der Waals surface area contributed by atoms with Crippen LogP contribution in [0.3, 0.4) is 0 Å². The predicted octanol–water partition coefficient (Wildman–Crippen LogP) is 1.36. The first-order valence-electron chi connectivity index (χ1n) is 6.41. The van der Waals surface area contributed by atoms with Gasteiger partial charge in [-0.1, -0.05) is 6.07 Å². The van der Waals surface area contributed by atoms with E-state index in [1.807, 2.05) is 0 Å². The van der Waals surface area contributed by atoms with Crippen LogP contribution in [-0.4, -0.2) is 34.0 Å². The van der Waals surface area contributed by atoms with Crippen molar-refractivity contribution >= 4 is 11.9 Å². The zero-order chi connectivity index (χ0) is 14.9. The summed E-state index contributed by atoms with van der Waals surface area (Å²) >= 11 is 0. The summed E-state index contributed by atoms with van der Waals surface area (Å²) in [6, 6.07) is 4.02. The van der Waals surface area contributed by atoms with Crippen LogP contribution in [0.1, 0.15) is 35.7 Å². The maximum atomic E-state index is 13.9. The molecule has 2 rings (SSSR count). The van der Waals surface area contributed by atoms with Gasteiger partial charge >= 0.3 is 5.97 Å². The molecular weight excluding hydrogens is 263 g/mol. The molecule has 0 aliphatic carbocycles. The van der Waals surface area contributed by atoms with Gasteiger partial charge in [-0.05, 0) is 38.4 Å². The summed E-state index contributed by atoms with van der Waals surface area (Å²) in [5.74, 6) is -2.13. The molecule has 5 nitrogen and oxygen atoms in total. The van der Waals surface area contributed by atoms with Gasteiger partial charge in [0.05, 0.1) is 0 Å². The van der Waals surface area contributed by atoms with Gasteiger partial charge in [0, 0.05) is 17.7 Å². The Hall–Kier alpha value is -1.95. The standard InChI is InChI=1S/C14H17FN2O3/c1-14(13(19)20)5-2-6-17(14)8-10-4-3-9(12(16)18)7-11(10)15/h3-4,7H,2,5-6,8H2,1H3,(H2,16,18)(H,19,20). The van der Waals surface area contributed by atoms with E-state index in [-0.39, 0.29) is 12.1 Å². The topological polar surface area (TPSA) is 83.6 Å². The Balaban J connectivity index is 2.22. The molecule has 1 atom stereocenters. The number of carboxylic acids is 1. The lowest BCUT2D eigenvalue weighted by Crippen LogP contribution is -2.47. The normalized spacial score (nSPS) is 22.9. The molecule has 0 radical (unpaired) electrons. The van der Waals surface area contributed by atoms with Crippen LogP contribution >= 0.6 is 0 Å². The highest BCUT2D eigenvalue weighted by molar-refractivity contribution is 5.92. The zero-order valence-electron chi connectivity index (χ0n) is 11.2. The van der Waals surface area contributed by atoms with Crippen molar-refractivity contribution in [1.82, 2.24) is 4.90 Å². The van der Waals surface area contributed by atoms with Crippen molar-refractivity contribution in [2.45, 2.75) is 31.8 Å². The molecule has 1 aromatic carbocycles. The number of carboxylic acid groups (broad SMARTS) is 1. The van der Waals surface area contributed by atoms with E-state index in [9.17, 15) is 19.1 Å². The fourth-order valence-corrected chi connectivity index (χ4v) is 2.55. The quantitative estimate of drug-likeness (QED) is 0.872. The number of likely N-dealkylation sites (tertiary alicyclic amines) is 1. The highest BCUT2D eigenvalue weighted by atomic mass is 19.1. The van der Waals surface area contributed by atoms with Gasteiger partial charge < -0.3 is 10.8 Å². The van der Waals surface area contributed by atoms with Gasteiger partial charge in [0.25, 0.3) is 0 Å². The van der Waals surface area contributed by atoms with Crippen LogP contribution in [0.15, 0.2) is 18.2 Å². The summed E-state index contributed by atoms with van der Waals surface area (Å²) in [7, 11) is 0. The number of aliphatic carboxylic acids is 1. The average molecular weight is 280 g/mol. The summed E-state index contributed by atoms with van der Waals surface area (Å²) in [5.41, 5.74) is 4.59. The van der Waals surface area contributed by atoms with Gasteiger partial charge in [0.2, 0.25) is 5.91 Å². The number of nitrogens with zero attached hydrogens (tertiary/aromatic N) is 1. The van der Waals surface area contributed by atoms with E-state index in [1.54, 1.807) is 11.8 Å². The molecule has 1 aliphatic rings. The molecule has 108 valence electrons. The summed E-state index contributed by atoms with van der Waals surface area (Å²) in [6.45, 7) is 2.46. The third-order valence-corrected chi connectivity index (χ3v) is 3.95. The van der Waals surface area contributed by atoms with Crippen molar-refractivity contribution in [2.24, 2.45) is 5.73 Å². The van der Waals surface area contributed by atoms with Crippen molar-refractivity contribution in [2.75, 3.05) is 6.54 Å². The number of carbonyl (C=O) groups excluding carboxylic acids is 1. The largest absolute Gasteiger partial charge is 0.480 e. The van der Waals surface area contributed by atoms with Crippen LogP contribution in [0, 0.1) is 5.82 Å². The number of halogens is 1. The lowest BCUT2D eigenvalue weighted by atomic mass is 9.98. The second-order valence-corrected chi connectivity index (χ2v) is 5.27. The lowest BCUT2D eigenvalue weighted by Gasteiger charge is -2.31. The Bertz CT molecular complexity index is 561. The van der Waals surface area contributed by atoms with Crippen LogP contribution in [0.25, 0.3) is 0 Å². The van der Waals surface area contributed by atoms with Gasteiger partial charge in [0.1, 0.15) is 11.4 Å². The Labute approximate surface area is 116 Å². The predicted molar refractivity (Wildman–Crippen MR) is 70.6 cm³/mol. The minimum Gasteiger partial charge on any atom is -0.480 e. The summed E-state index contributed by atoms with van der Waals surface area (Å²) < 4.78 is 13.9. The summed E-state index contributed by atoms with van der Waals surface area (Å²) in [6.07, 6.45) is 1.31.